The summed E-state index contributed by atoms with van der Waals surface area (Å²) in [6.45, 7) is 0.349. The van der Waals surface area contributed by atoms with E-state index in [1.807, 2.05) is 47.2 Å². The van der Waals surface area contributed by atoms with Crippen LogP contribution in [0.25, 0.3) is 43.4 Å². The van der Waals surface area contributed by atoms with Gasteiger partial charge in [0.25, 0.3) is 0 Å². The Morgan fingerprint density at radius 1 is 0.678 bits per heavy atom. The third-order valence-electron chi connectivity index (χ3n) is 8.73. The van der Waals surface area contributed by atoms with E-state index in [-0.39, 0.29) is 30.5 Å². The van der Waals surface area contributed by atoms with Gasteiger partial charge in [0.15, 0.2) is 0 Å². The highest BCUT2D eigenvalue weighted by atomic mass is 32.1. The molecule has 0 fully saturated rings. The summed E-state index contributed by atoms with van der Waals surface area (Å²) in [5.74, 6) is -0.919. The first kappa shape index (κ1) is 39.5. The van der Waals surface area contributed by atoms with E-state index in [2.05, 4.69) is 22.1 Å². The standard InChI is InChI=1S/C23H16N2O4S.C22H14N2O4S/c1-27-23(26)16-6-4-15(5-7-16)13-29-22-19(12-24)18(17-8-9-28-14-17)11-20(25-22)21-3-2-10-30-21;23-11-18-17(16-7-8-27-13-16)10-19(20-2-1-9-29-20)24-21(18)28-12-14-3-5-15(6-4-14)22(25)26/h2-11,14H,13H2,1H3;1-10,13H,12H2,(H,25,26). The van der Waals surface area contributed by atoms with Gasteiger partial charge in [0.05, 0.1) is 64.4 Å². The first-order valence-electron chi connectivity index (χ1n) is 17.6. The average molecular weight is 819 g/mol. The number of nitriles is 2. The van der Waals surface area contributed by atoms with Gasteiger partial charge in [-0.1, -0.05) is 36.4 Å². The van der Waals surface area contributed by atoms with E-state index >= 15 is 0 Å². The number of aromatic nitrogens is 2. The molecule has 59 heavy (non-hydrogen) atoms. The van der Waals surface area contributed by atoms with Crippen LogP contribution in [0, 0.1) is 22.7 Å². The van der Waals surface area contributed by atoms with Crippen LogP contribution in [0.4, 0.5) is 0 Å². The number of methoxy groups -OCH3 is 1. The van der Waals surface area contributed by atoms with Crippen molar-refractivity contribution in [2.24, 2.45) is 0 Å². The number of aromatic carboxylic acids is 1. The fraction of sp³-hybridized carbons (Fsp3) is 0.0667. The number of pyridine rings is 2. The Morgan fingerprint density at radius 2 is 1.14 bits per heavy atom. The molecule has 1 N–H and O–H groups in total. The van der Waals surface area contributed by atoms with Gasteiger partial charge in [-0.15, -0.1) is 22.7 Å². The van der Waals surface area contributed by atoms with Gasteiger partial charge in [-0.25, -0.2) is 19.6 Å². The summed E-state index contributed by atoms with van der Waals surface area (Å²) in [6, 6.07) is 32.7. The lowest BCUT2D eigenvalue weighted by Crippen LogP contribution is -2.04. The SMILES string of the molecule is COC(=O)c1ccc(COc2nc(-c3cccs3)cc(-c3ccoc3)c2C#N)cc1.N#Cc1c(-c2ccoc2)cc(-c2cccs2)nc1OCc1ccc(C(=O)O)cc1. The minimum atomic E-state index is -0.987. The summed E-state index contributed by atoms with van der Waals surface area (Å²) < 4.78 is 26.9. The van der Waals surface area contributed by atoms with E-state index in [0.717, 1.165) is 37.7 Å². The monoisotopic (exact) mass is 818 g/mol. The van der Waals surface area contributed by atoms with Crippen LogP contribution in [-0.2, 0) is 18.0 Å². The molecule has 0 aliphatic carbocycles. The van der Waals surface area contributed by atoms with Crippen LogP contribution in [0.15, 0.2) is 142 Å². The highest BCUT2D eigenvalue weighted by molar-refractivity contribution is 7.13. The van der Waals surface area contributed by atoms with Crippen molar-refractivity contribution in [2.45, 2.75) is 13.2 Å². The number of esters is 1. The summed E-state index contributed by atoms with van der Waals surface area (Å²) in [4.78, 5) is 33.6. The Morgan fingerprint density at radius 3 is 1.49 bits per heavy atom. The molecular formula is C45H30N4O8S2. The number of carboxylic acid groups (broad SMARTS) is 1. The number of thiophene rings is 2. The third-order valence-corrected chi connectivity index (χ3v) is 10.5. The fourth-order valence-corrected chi connectivity index (χ4v) is 7.13. The average Bonchev–Trinajstić information content (AvgIpc) is 4.13. The molecule has 6 heterocycles. The number of carbonyl (C=O) groups is 2. The molecule has 0 aliphatic rings. The highest BCUT2D eigenvalue weighted by Gasteiger charge is 2.20. The number of benzene rings is 2. The van der Waals surface area contributed by atoms with Crippen molar-refractivity contribution >= 4 is 34.6 Å². The van der Waals surface area contributed by atoms with E-state index in [1.165, 1.54) is 19.2 Å². The normalized spacial score (nSPS) is 10.4. The zero-order valence-electron chi connectivity index (χ0n) is 31.0. The van der Waals surface area contributed by atoms with Crippen molar-refractivity contribution in [2.75, 3.05) is 7.11 Å². The van der Waals surface area contributed by atoms with Crippen LogP contribution < -0.4 is 9.47 Å². The van der Waals surface area contributed by atoms with Crippen LogP contribution in [0.1, 0.15) is 43.0 Å². The lowest BCUT2D eigenvalue weighted by atomic mass is 10.0. The smallest absolute Gasteiger partial charge is 0.337 e. The lowest BCUT2D eigenvalue weighted by Gasteiger charge is -2.12. The van der Waals surface area contributed by atoms with E-state index in [0.29, 0.717) is 33.5 Å². The van der Waals surface area contributed by atoms with Crippen LogP contribution in [0.3, 0.4) is 0 Å². The Balaban J connectivity index is 0.000000179. The number of hydrogen-bond donors (Lipinski definition) is 1. The van der Waals surface area contributed by atoms with Crippen LogP contribution in [0.2, 0.25) is 0 Å². The molecule has 6 aromatic heterocycles. The molecule has 0 amide bonds. The maximum Gasteiger partial charge on any atom is 0.337 e. The van der Waals surface area contributed by atoms with Gasteiger partial charge < -0.3 is 28.2 Å². The second kappa shape index (κ2) is 18.4. The van der Waals surface area contributed by atoms with Gasteiger partial charge >= 0.3 is 11.9 Å². The van der Waals surface area contributed by atoms with Gasteiger partial charge in [-0.05, 0) is 82.6 Å². The first-order chi connectivity index (χ1) is 28.8. The number of rotatable bonds is 12. The van der Waals surface area contributed by atoms with Crippen molar-refractivity contribution < 1.29 is 37.7 Å². The van der Waals surface area contributed by atoms with Crippen LogP contribution in [-0.4, -0.2) is 34.1 Å². The minimum absolute atomic E-state index is 0.153. The topological polar surface area (TPSA) is 182 Å². The van der Waals surface area contributed by atoms with Crippen LogP contribution in [0.5, 0.6) is 11.8 Å². The molecule has 0 saturated carbocycles. The molecule has 0 unspecified atom stereocenters. The van der Waals surface area contributed by atoms with Gasteiger partial charge in [-0.3, -0.25) is 0 Å². The number of furan rings is 2. The van der Waals surface area contributed by atoms with Crippen molar-refractivity contribution in [3.05, 3.63) is 166 Å². The molecule has 0 atom stereocenters. The lowest BCUT2D eigenvalue weighted by molar-refractivity contribution is 0.0599. The number of ether oxygens (including phenoxy) is 3. The van der Waals surface area contributed by atoms with Gasteiger partial charge in [0, 0.05) is 22.3 Å². The molecule has 290 valence electrons. The summed E-state index contributed by atoms with van der Waals surface area (Å²) >= 11 is 3.10. The second-order valence-corrected chi connectivity index (χ2v) is 14.3. The summed E-state index contributed by atoms with van der Waals surface area (Å²) in [7, 11) is 1.34. The second-order valence-electron chi connectivity index (χ2n) is 12.4. The number of carboxylic acids is 1. The van der Waals surface area contributed by atoms with Gasteiger partial charge in [0.1, 0.15) is 36.5 Å². The van der Waals surface area contributed by atoms with E-state index in [9.17, 15) is 20.1 Å². The predicted molar refractivity (Wildman–Crippen MR) is 220 cm³/mol. The van der Waals surface area contributed by atoms with Crippen molar-refractivity contribution in [1.82, 2.24) is 9.97 Å². The Labute approximate surface area is 345 Å². The van der Waals surface area contributed by atoms with E-state index < -0.39 is 11.9 Å². The molecule has 0 saturated heterocycles. The summed E-state index contributed by atoms with van der Waals surface area (Å²) in [5.41, 5.74) is 7.24. The molecular weight excluding hydrogens is 789 g/mol. The quantitative estimate of drug-likeness (QED) is 0.115. The van der Waals surface area contributed by atoms with Gasteiger partial charge in [-0.2, -0.15) is 10.5 Å². The molecule has 0 bridgehead atoms. The molecule has 12 nitrogen and oxygen atoms in total. The maximum atomic E-state index is 11.6. The first-order valence-corrected chi connectivity index (χ1v) is 19.4. The Hall–Kier alpha value is -7.78. The summed E-state index contributed by atoms with van der Waals surface area (Å²) in [6.07, 6.45) is 6.27. The highest BCUT2D eigenvalue weighted by Crippen LogP contribution is 2.37. The summed E-state index contributed by atoms with van der Waals surface area (Å²) in [5, 5.41) is 32.5. The minimum Gasteiger partial charge on any atom is -0.478 e. The molecule has 0 aliphatic heterocycles. The predicted octanol–water partition coefficient (Wildman–Crippen LogP) is 10.5. The third kappa shape index (κ3) is 9.27. The number of carbonyl (C=O) groups excluding carboxylic acids is 1. The maximum absolute atomic E-state index is 11.6. The molecule has 8 rings (SSSR count). The number of hydrogen-bond acceptors (Lipinski definition) is 13. The Kier molecular flexibility index (Phi) is 12.3. The van der Waals surface area contributed by atoms with Crippen LogP contribution >= 0.6 is 22.7 Å². The number of nitrogens with zero attached hydrogens (tertiary/aromatic N) is 4. The van der Waals surface area contributed by atoms with E-state index in [4.69, 9.17) is 28.2 Å². The molecule has 8 aromatic rings. The largest absolute Gasteiger partial charge is 0.478 e. The van der Waals surface area contributed by atoms with Crippen molar-refractivity contribution in [3.8, 4) is 67.3 Å². The van der Waals surface area contributed by atoms with E-state index in [1.54, 1.807) is 96.3 Å². The zero-order valence-corrected chi connectivity index (χ0v) is 32.7. The molecule has 2 aromatic carbocycles. The fourth-order valence-electron chi connectivity index (χ4n) is 5.76. The zero-order chi connectivity index (χ0) is 41.1. The molecule has 14 heteroatoms. The Bertz CT molecular complexity index is 2750. The molecule has 0 spiro atoms. The molecule has 0 radical (unpaired) electrons. The van der Waals surface area contributed by atoms with Crippen molar-refractivity contribution in [3.63, 3.8) is 0 Å². The van der Waals surface area contributed by atoms with Gasteiger partial charge in [0.2, 0.25) is 11.8 Å². The van der Waals surface area contributed by atoms with Crippen molar-refractivity contribution in [1.29, 1.82) is 10.5 Å².